The average Bonchev–Trinajstić information content (AvgIpc) is 2.34. The number of halogens is 2. The molecule has 0 spiro atoms. The van der Waals surface area contributed by atoms with Crippen LogP contribution in [0.2, 0.25) is 10.0 Å². The molecule has 0 amide bonds. The van der Waals surface area contributed by atoms with Gasteiger partial charge in [0.1, 0.15) is 0 Å². The van der Waals surface area contributed by atoms with Gasteiger partial charge in [-0.25, -0.2) is 0 Å². The molecule has 2 aromatic rings. The summed E-state index contributed by atoms with van der Waals surface area (Å²) in [6, 6.07) is 13.3. The minimum absolute atomic E-state index is 0.643. The van der Waals surface area contributed by atoms with Crippen LogP contribution in [0.3, 0.4) is 0 Å². The van der Waals surface area contributed by atoms with Crippen molar-refractivity contribution in [3.05, 3.63) is 52.5 Å². The smallest absolute Gasteiger partial charge is 0.0642 e. The number of nitrogens with one attached hydrogen (secondary N) is 2. The molecule has 0 fully saturated rings. The van der Waals surface area contributed by atoms with E-state index in [0.29, 0.717) is 10.0 Å². The SMILES string of the molecule is CNc1cccc(Nc2cc(Cl)ccc2Cl)c1. The van der Waals surface area contributed by atoms with Crippen LogP contribution in [0.15, 0.2) is 42.5 Å². The zero-order chi connectivity index (χ0) is 12.3. The van der Waals surface area contributed by atoms with Gasteiger partial charge in [-0.2, -0.15) is 0 Å². The van der Waals surface area contributed by atoms with E-state index in [2.05, 4.69) is 10.6 Å². The van der Waals surface area contributed by atoms with E-state index in [4.69, 9.17) is 23.2 Å². The van der Waals surface area contributed by atoms with Crippen LogP contribution in [0.5, 0.6) is 0 Å². The van der Waals surface area contributed by atoms with Crippen molar-refractivity contribution in [2.75, 3.05) is 17.7 Å². The third-order valence-electron chi connectivity index (χ3n) is 2.36. The highest BCUT2D eigenvalue weighted by molar-refractivity contribution is 6.35. The summed E-state index contributed by atoms with van der Waals surface area (Å²) >= 11 is 12.0. The van der Waals surface area contributed by atoms with Gasteiger partial charge in [0.15, 0.2) is 0 Å². The number of anilines is 3. The predicted octanol–water partition coefficient (Wildman–Crippen LogP) is 4.78. The molecule has 0 radical (unpaired) electrons. The molecule has 0 saturated carbocycles. The highest BCUT2D eigenvalue weighted by Crippen LogP contribution is 2.29. The van der Waals surface area contributed by atoms with Crippen LogP contribution in [0.25, 0.3) is 0 Å². The Morgan fingerprint density at radius 2 is 1.71 bits per heavy atom. The van der Waals surface area contributed by atoms with Crippen LogP contribution in [0.4, 0.5) is 17.1 Å². The van der Waals surface area contributed by atoms with Crippen molar-refractivity contribution in [3.8, 4) is 0 Å². The highest BCUT2D eigenvalue weighted by Gasteiger charge is 2.02. The first-order valence-electron chi connectivity index (χ1n) is 5.19. The van der Waals surface area contributed by atoms with Crippen molar-refractivity contribution >= 4 is 40.3 Å². The van der Waals surface area contributed by atoms with Crippen molar-refractivity contribution in [2.45, 2.75) is 0 Å². The Hall–Kier alpha value is -1.38. The van der Waals surface area contributed by atoms with Crippen molar-refractivity contribution in [1.29, 1.82) is 0 Å². The summed E-state index contributed by atoms with van der Waals surface area (Å²) in [5, 5.41) is 7.61. The quantitative estimate of drug-likeness (QED) is 0.836. The second-order valence-electron chi connectivity index (χ2n) is 3.58. The maximum Gasteiger partial charge on any atom is 0.0642 e. The topological polar surface area (TPSA) is 24.1 Å². The van der Waals surface area contributed by atoms with Gasteiger partial charge >= 0.3 is 0 Å². The second kappa shape index (κ2) is 5.30. The molecule has 4 heteroatoms. The number of rotatable bonds is 3. The lowest BCUT2D eigenvalue weighted by Gasteiger charge is -2.10. The van der Waals surface area contributed by atoms with Gasteiger partial charge in [-0.3, -0.25) is 0 Å². The average molecular weight is 267 g/mol. The molecule has 17 heavy (non-hydrogen) atoms. The van der Waals surface area contributed by atoms with Gasteiger partial charge in [-0.05, 0) is 36.4 Å². The van der Waals surface area contributed by atoms with E-state index < -0.39 is 0 Å². The van der Waals surface area contributed by atoms with Crippen molar-refractivity contribution in [3.63, 3.8) is 0 Å². The fraction of sp³-hybridized carbons (Fsp3) is 0.0769. The number of hydrogen-bond acceptors (Lipinski definition) is 2. The molecule has 0 heterocycles. The first-order chi connectivity index (χ1) is 8.19. The number of hydrogen-bond donors (Lipinski definition) is 2. The molecule has 0 unspecified atom stereocenters. The number of benzene rings is 2. The largest absolute Gasteiger partial charge is 0.388 e. The van der Waals surface area contributed by atoms with Gasteiger partial charge in [0, 0.05) is 23.4 Å². The highest BCUT2D eigenvalue weighted by atomic mass is 35.5. The minimum atomic E-state index is 0.643. The third kappa shape index (κ3) is 3.05. The summed E-state index contributed by atoms with van der Waals surface area (Å²) in [6.07, 6.45) is 0. The van der Waals surface area contributed by atoms with Crippen LogP contribution >= 0.6 is 23.2 Å². The Bertz CT molecular complexity index is 527. The van der Waals surface area contributed by atoms with Gasteiger partial charge in [-0.1, -0.05) is 29.3 Å². The molecule has 0 aliphatic carbocycles. The van der Waals surface area contributed by atoms with Gasteiger partial charge in [0.05, 0.1) is 10.7 Å². The summed E-state index contributed by atoms with van der Waals surface area (Å²) in [7, 11) is 1.88. The Morgan fingerprint density at radius 3 is 2.47 bits per heavy atom. The van der Waals surface area contributed by atoms with Crippen LogP contribution in [0, 0.1) is 0 Å². The molecule has 2 nitrogen and oxygen atoms in total. The van der Waals surface area contributed by atoms with Crippen molar-refractivity contribution in [2.24, 2.45) is 0 Å². The molecule has 0 saturated heterocycles. The van der Waals surface area contributed by atoms with Crippen LogP contribution < -0.4 is 10.6 Å². The predicted molar refractivity (Wildman–Crippen MR) is 75.7 cm³/mol. The Morgan fingerprint density at radius 1 is 0.941 bits per heavy atom. The van der Waals surface area contributed by atoms with E-state index in [1.54, 1.807) is 18.2 Å². The van der Waals surface area contributed by atoms with E-state index >= 15 is 0 Å². The molecule has 88 valence electrons. The molecular weight excluding hydrogens is 255 g/mol. The molecule has 2 aromatic carbocycles. The minimum Gasteiger partial charge on any atom is -0.388 e. The van der Waals surface area contributed by atoms with Gasteiger partial charge in [0.25, 0.3) is 0 Å². The molecule has 2 N–H and O–H groups in total. The van der Waals surface area contributed by atoms with Gasteiger partial charge in [0.2, 0.25) is 0 Å². The lowest BCUT2D eigenvalue weighted by atomic mass is 10.2. The standard InChI is InChI=1S/C13H12Cl2N2/c1-16-10-3-2-4-11(8-10)17-13-7-9(14)5-6-12(13)15/h2-8,16-17H,1H3. The fourth-order valence-electron chi connectivity index (χ4n) is 1.50. The molecule has 0 aliphatic heterocycles. The lowest BCUT2D eigenvalue weighted by molar-refractivity contribution is 1.49. The first-order valence-corrected chi connectivity index (χ1v) is 5.94. The summed E-state index contributed by atoms with van der Waals surface area (Å²) in [5.74, 6) is 0. The van der Waals surface area contributed by atoms with E-state index in [0.717, 1.165) is 17.1 Å². The van der Waals surface area contributed by atoms with Crippen LogP contribution in [-0.2, 0) is 0 Å². The molecule has 0 atom stereocenters. The summed E-state index contributed by atoms with van der Waals surface area (Å²) in [4.78, 5) is 0. The zero-order valence-corrected chi connectivity index (χ0v) is 10.8. The van der Waals surface area contributed by atoms with E-state index in [9.17, 15) is 0 Å². The lowest BCUT2D eigenvalue weighted by Crippen LogP contribution is -1.93. The van der Waals surface area contributed by atoms with Gasteiger partial charge in [-0.15, -0.1) is 0 Å². The summed E-state index contributed by atoms with van der Waals surface area (Å²) < 4.78 is 0. The van der Waals surface area contributed by atoms with Gasteiger partial charge < -0.3 is 10.6 Å². The first kappa shape index (κ1) is 12.1. The van der Waals surface area contributed by atoms with Crippen molar-refractivity contribution < 1.29 is 0 Å². The second-order valence-corrected chi connectivity index (χ2v) is 4.42. The van der Waals surface area contributed by atoms with Crippen LogP contribution in [-0.4, -0.2) is 7.05 Å². The Balaban J connectivity index is 2.27. The maximum absolute atomic E-state index is 6.08. The summed E-state index contributed by atoms with van der Waals surface area (Å²) in [5.41, 5.74) is 2.79. The van der Waals surface area contributed by atoms with E-state index in [1.807, 2.05) is 31.3 Å². The molecule has 0 bridgehead atoms. The molecule has 2 rings (SSSR count). The van der Waals surface area contributed by atoms with Crippen LogP contribution in [0.1, 0.15) is 0 Å². The van der Waals surface area contributed by atoms with E-state index in [-0.39, 0.29) is 0 Å². The monoisotopic (exact) mass is 266 g/mol. The zero-order valence-electron chi connectivity index (χ0n) is 9.30. The molecule has 0 aliphatic rings. The summed E-state index contributed by atoms with van der Waals surface area (Å²) in [6.45, 7) is 0. The Kier molecular flexibility index (Phi) is 3.77. The fourth-order valence-corrected chi connectivity index (χ4v) is 1.84. The Labute approximate surface area is 111 Å². The molecular formula is C13H12Cl2N2. The molecule has 0 aromatic heterocycles. The van der Waals surface area contributed by atoms with E-state index in [1.165, 1.54) is 0 Å². The normalized spacial score (nSPS) is 10.1. The third-order valence-corrected chi connectivity index (χ3v) is 2.92. The maximum atomic E-state index is 6.08. The van der Waals surface area contributed by atoms with Crippen molar-refractivity contribution in [1.82, 2.24) is 0 Å².